The van der Waals surface area contributed by atoms with Crippen LogP contribution >= 0.6 is 0 Å². The summed E-state index contributed by atoms with van der Waals surface area (Å²) in [5.41, 5.74) is 7.17. The molecule has 100 valence electrons. The molecule has 2 N–H and O–H groups in total. The minimum atomic E-state index is 0.110. The summed E-state index contributed by atoms with van der Waals surface area (Å²) in [6, 6.07) is 0.302. The van der Waals surface area contributed by atoms with E-state index in [1.165, 1.54) is 6.42 Å². The molecule has 1 aliphatic rings. The summed E-state index contributed by atoms with van der Waals surface area (Å²) in [6.07, 6.45) is 6.06. The van der Waals surface area contributed by atoms with Gasteiger partial charge < -0.3 is 10.6 Å². The van der Waals surface area contributed by atoms with Crippen molar-refractivity contribution in [3.05, 3.63) is 17.5 Å². The molecule has 1 saturated heterocycles. The van der Waals surface area contributed by atoms with Crippen molar-refractivity contribution < 1.29 is 4.79 Å². The monoisotopic (exact) mass is 250 g/mol. The van der Waals surface area contributed by atoms with E-state index in [1.54, 1.807) is 4.68 Å². The number of hydrogen-bond donors (Lipinski definition) is 1. The minimum Gasteiger partial charge on any atom is -0.336 e. The third-order valence-electron chi connectivity index (χ3n) is 3.63. The number of likely N-dealkylation sites (tertiary alicyclic amines) is 1. The van der Waals surface area contributed by atoms with Gasteiger partial charge in [-0.05, 0) is 39.2 Å². The number of piperidine rings is 1. The van der Waals surface area contributed by atoms with Crippen LogP contribution in [0.1, 0.15) is 41.7 Å². The molecule has 1 amide bonds. The molecule has 1 aromatic rings. The fourth-order valence-corrected chi connectivity index (χ4v) is 2.72. The molecule has 0 radical (unpaired) electrons. The van der Waals surface area contributed by atoms with Crippen LogP contribution in [0.5, 0.6) is 0 Å². The average molecular weight is 250 g/mol. The lowest BCUT2D eigenvalue weighted by atomic mass is 9.98. The van der Waals surface area contributed by atoms with E-state index in [-0.39, 0.29) is 5.91 Å². The number of rotatable bonds is 3. The van der Waals surface area contributed by atoms with E-state index < -0.39 is 0 Å². The zero-order chi connectivity index (χ0) is 13.1. The fourth-order valence-electron chi connectivity index (χ4n) is 2.72. The third-order valence-corrected chi connectivity index (χ3v) is 3.63. The lowest BCUT2D eigenvalue weighted by Gasteiger charge is -2.35. The number of amides is 1. The van der Waals surface area contributed by atoms with Gasteiger partial charge in [0.1, 0.15) is 0 Å². The topological polar surface area (TPSA) is 64.2 Å². The Morgan fingerprint density at radius 2 is 2.33 bits per heavy atom. The zero-order valence-electron chi connectivity index (χ0n) is 11.2. The Labute approximate surface area is 108 Å². The lowest BCUT2D eigenvalue weighted by molar-refractivity contribution is 0.0604. The van der Waals surface area contributed by atoms with Gasteiger partial charge in [-0.25, -0.2) is 0 Å². The predicted molar refractivity (Wildman–Crippen MR) is 70.3 cm³/mol. The van der Waals surface area contributed by atoms with Crippen molar-refractivity contribution in [3.8, 4) is 0 Å². The predicted octanol–water partition coefficient (Wildman–Crippen LogP) is 1.07. The van der Waals surface area contributed by atoms with Gasteiger partial charge in [0, 0.05) is 25.8 Å². The molecule has 0 aromatic carbocycles. The van der Waals surface area contributed by atoms with Crippen LogP contribution < -0.4 is 5.73 Å². The molecule has 1 unspecified atom stereocenters. The van der Waals surface area contributed by atoms with E-state index in [0.717, 1.165) is 37.1 Å². The van der Waals surface area contributed by atoms with Gasteiger partial charge >= 0.3 is 0 Å². The molecule has 0 spiro atoms. The SMILES string of the molecule is Cc1nn(C)cc1C(=O)N1CCCCC1CCN. The maximum Gasteiger partial charge on any atom is 0.257 e. The number of carbonyl (C=O) groups excluding carboxylic acids is 1. The minimum absolute atomic E-state index is 0.110. The molecule has 1 atom stereocenters. The summed E-state index contributed by atoms with van der Waals surface area (Å²) in [6.45, 7) is 3.37. The van der Waals surface area contributed by atoms with Crippen LogP contribution in [0, 0.1) is 6.92 Å². The van der Waals surface area contributed by atoms with Crippen LogP contribution in [0.15, 0.2) is 6.20 Å². The standard InChI is InChI=1S/C13H22N4O/c1-10-12(9-16(2)15-10)13(18)17-8-4-3-5-11(17)6-7-14/h9,11H,3-8,14H2,1-2H3. The molecule has 0 aliphatic carbocycles. The Morgan fingerprint density at radius 3 is 2.94 bits per heavy atom. The van der Waals surface area contributed by atoms with Crippen molar-refractivity contribution >= 4 is 5.91 Å². The van der Waals surface area contributed by atoms with Crippen molar-refractivity contribution in [1.82, 2.24) is 14.7 Å². The van der Waals surface area contributed by atoms with Crippen molar-refractivity contribution in [2.24, 2.45) is 12.8 Å². The molecule has 5 heteroatoms. The molecular formula is C13H22N4O. The quantitative estimate of drug-likeness (QED) is 0.873. The third kappa shape index (κ3) is 2.56. The van der Waals surface area contributed by atoms with Gasteiger partial charge in [0.2, 0.25) is 0 Å². The summed E-state index contributed by atoms with van der Waals surface area (Å²) < 4.78 is 1.70. The maximum absolute atomic E-state index is 12.6. The second-order valence-electron chi connectivity index (χ2n) is 5.03. The fraction of sp³-hybridized carbons (Fsp3) is 0.692. The van der Waals surface area contributed by atoms with Crippen LogP contribution in [0.4, 0.5) is 0 Å². The molecule has 1 aromatic heterocycles. The Balaban J connectivity index is 2.18. The molecule has 2 rings (SSSR count). The zero-order valence-corrected chi connectivity index (χ0v) is 11.2. The summed E-state index contributed by atoms with van der Waals surface area (Å²) >= 11 is 0. The van der Waals surface area contributed by atoms with Crippen LogP contribution in [-0.2, 0) is 7.05 Å². The number of hydrogen-bond acceptors (Lipinski definition) is 3. The first-order valence-electron chi connectivity index (χ1n) is 6.64. The Bertz CT molecular complexity index is 425. The molecular weight excluding hydrogens is 228 g/mol. The highest BCUT2D eigenvalue weighted by Gasteiger charge is 2.28. The lowest BCUT2D eigenvalue weighted by Crippen LogP contribution is -2.44. The largest absolute Gasteiger partial charge is 0.336 e. The second-order valence-corrected chi connectivity index (χ2v) is 5.03. The Hall–Kier alpha value is -1.36. The smallest absolute Gasteiger partial charge is 0.257 e. The van der Waals surface area contributed by atoms with Gasteiger partial charge in [-0.1, -0.05) is 0 Å². The molecule has 0 saturated carbocycles. The molecule has 5 nitrogen and oxygen atoms in total. The molecule has 1 aliphatic heterocycles. The van der Waals surface area contributed by atoms with E-state index >= 15 is 0 Å². The van der Waals surface area contributed by atoms with Gasteiger partial charge in [0.25, 0.3) is 5.91 Å². The first kappa shape index (κ1) is 13.1. The van der Waals surface area contributed by atoms with Gasteiger partial charge in [0.05, 0.1) is 11.3 Å². The van der Waals surface area contributed by atoms with E-state index in [2.05, 4.69) is 5.10 Å². The van der Waals surface area contributed by atoms with Crippen LogP contribution in [0.25, 0.3) is 0 Å². The summed E-state index contributed by atoms with van der Waals surface area (Å²) in [5.74, 6) is 0.110. The number of aromatic nitrogens is 2. The Kier molecular flexibility index (Phi) is 4.01. The second kappa shape index (κ2) is 5.52. The van der Waals surface area contributed by atoms with Crippen LogP contribution in [0.3, 0.4) is 0 Å². The maximum atomic E-state index is 12.6. The van der Waals surface area contributed by atoms with Gasteiger partial charge in [-0.3, -0.25) is 9.48 Å². The number of carbonyl (C=O) groups is 1. The van der Waals surface area contributed by atoms with Crippen LogP contribution in [-0.4, -0.2) is 39.7 Å². The van der Waals surface area contributed by atoms with Crippen molar-refractivity contribution in [2.45, 2.75) is 38.6 Å². The van der Waals surface area contributed by atoms with E-state index in [9.17, 15) is 4.79 Å². The highest BCUT2D eigenvalue weighted by molar-refractivity contribution is 5.95. The molecule has 0 bridgehead atoms. The first-order chi connectivity index (χ1) is 8.63. The number of nitrogens with two attached hydrogens (primary N) is 1. The van der Waals surface area contributed by atoms with E-state index in [4.69, 9.17) is 5.73 Å². The normalized spacial score (nSPS) is 20.2. The van der Waals surface area contributed by atoms with Crippen molar-refractivity contribution in [3.63, 3.8) is 0 Å². The summed E-state index contributed by atoms with van der Waals surface area (Å²) in [4.78, 5) is 14.5. The molecule has 2 heterocycles. The highest BCUT2D eigenvalue weighted by Crippen LogP contribution is 2.22. The van der Waals surface area contributed by atoms with Crippen molar-refractivity contribution in [1.29, 1.82) is 0 Å². The van der Waals surface area contributed by atoms with Gasteiger partial charge in [0.15, 0.2) is 0 Å². The van der Waals surface area contributed by atoms with E-state index in [1.807, 2.05) is 25.1 Å². The van der Waals surface area contributed by atoms with Crippen molar-refractivity contribution in [2.75, 3.05) is 13.1 Å². The molecule has 18 heavy (non-hydrogen) atoms. The van der Waals surface area contributed by atoms with Crippen LogP contribution in [0.2, 0.25) is 0 Å². The average Bonchev–Trinajstić information content (AvgIpc) is 2.69. The number of nitrogens with zero attached hydrogens (tertiary/aromatic N) is 3. The molecule has 1 fully saturated rings. The first-order valence-corrected chi connectivity index (χ1v) is 6.64. The summed E-state index contributed by atoms with van der Waals surface area (Å²) in [5, 5.41) is 4.24. The van der Waals surface area contributed by atoms with Gasteiger partial charge in [-0.15, -0.1) is 0 Å². The van der Waals surface area contributed by atoms with E-state index in [0.29, 0.717) is 12.6 Å². The van der Waals surface area contributed by atoms with Gasteiger partial charge in [-0.2, -0.15) is 5.10 Å². The number of aryl methyl sites for hydroxylation is 2. The summed E-state index contributed by atoms with van der Waals surface area (Å²) in [7, 11) is 1.84. The Morgan fingerprint density at radius 1 is 1.56 bits per heavy atom. The highest BCUT2D eigenvalue weighted by atomic mass is 16.2.